The van der Waals surface area contributed by atoms with E-state index in [-0.39, 0.29) is 17.7 Å². The molecule has 2 heterocycles. The third kappa shape index (κ3) is 4.15. The van der Waals surface area contributed by atoms with Crippen LogP contribution in [-0.4, -0.2) is 29.2 Å². The standard InChI is InChI=1S/C23H23N3O4/c1-16(24-23(27)21-8-5-14-30-21)22-25-19-6-3-4-7-20(19)26(22)13-15-29-18-11-9-17(28-2)10-12-18/h3-12,14,16H,13,15H2,1-2H3,(H,24,27)/t16-/m1/s1. The van der Waals surface area contributed by atoms with E-state index < -0.39 is 0 Å². The van der Waals surface area contributed by atoms with Gasteiger partial charge in [0.1, 0.15) is 23.9 Å². The van der Waals surface area contributed by atoms with Crippen molar-refractivity contribution in [2.45, 2.75) is 19.5 Å². The molecule has 0 aliphatic heterocycles. The molecule has 7 heteroatoms. The molecule has 0 aliphatic rings. The van der Waals surface area contributed by atoms with Gasteiger partial charge < -0.3 is 23.8 Å². The van der Waals surface area contributed by atoms with Crippen LogP contribution in [0.2, 0.25) is 0 Å². The van der Waals surface area contributed by atoms with Crippen molar-refractivity contribution in [3.8, 4) is 11.5 Å². The van der Waals surface area contributed by atoms with E-state index in [2.05, 4.69) is 9.88 Å². The Morgan fingerprint density at radius 3 is 2.60 bits per heavy atom. The second-order valence-electron chi connectivity index (χ2n) is 6.81. The van der Waals surface area contributed by atoms with Gasteiger partial charge in [-0.3, -0.25) is 4.79 Å². The number of para-hydroxylation sites is 2. The average molecular weight is 405 g/mol. The van der Waals surface area contributed by atoms with E-state index in [0.29, 0.717) is 13.2 Å². The summed E-state index contributed by atoms with van der Waals surface area (Å²) in [7, 11) is 1.63. The summed E-state index contributed by atoms with van der Waals surface area (Å²) in [5, 5.41) is 2.95. The number of furan rings is 1. The Kier molecular flexibility index (Phi) is 5.70. The molecule has 4 aromatic rings. The van der Waals surface area contributed by atoms with Crippen LogP contribution in [-0.2, 0) is 6.54 Å². The lowest BCUT2D eigenvalue weighted by molar-refractivity contribution is 0.0909. The molecule has 0 radical (unpaired) electrons. The third-order valence-corrected chi connectivity index (χ3v) is 4.81. The lowest BCUT2D eigenvalue weighted by Gasteiger charge is -2.16. The van der Waals surface area contributed by atoms with Gasteiger partial charge in [0, 0.05) is 0 Å². The van der Waals surface area contributed by atoms with Crippen molar-refractivity contribution in [2.75, 3.05) is 13.7 Å². The highest BCUT2D eigenvalue weighted by Gasteiger charge is 2.20. The molecular weight excluding hydrogens is 382 g/mol. The number of carbonyl (C=O) groups excluding carboxylic acids is 1. The summed E-state index contributed by atoms with van der Waals surface area (Å²) in [5.74, 6) is 2.30. The molecule has 154 valence electrons. The maximum absolute atomic E-state index is 12.4. The summed E-state index contributed by atoms with van der Waals surface area (Å²) < 4.78 is 18.3. The first kappa shape index (κ1) is 19.6. The molecule has 0 fully saturated rings. The molecule has 7 nitrogen and oxygen atoms in total. The number of rotatable bonds is 8. The number of carbonyl (C=O) groups is 1. The monoisotopic (exact) mass is 405 g/mol. The Hall–Kier alpha value is -3.74. The van der Waals surface area contributed by atoms with Crippen molar-refractivity contribution < 1.29 is 18.7 Å². The van der Waals surface area contributed by atoms with Gasteiger partial charge in [-0.05, 0) is 55.5 Å². The van der Waals surface area contributed by atoms with Crippen molar-refractivity contribution in [2.24, 2.45) is 0 Å². The Morgan fingerprint density at radius 2 is 1.87 bits per heavy atom. The highest BCUT2D eigenvalue weighted by molar-refractivity contribution is 5.91. The number of methoxy groups -OCH3 is 1. The van der Waals surface area contributed by atoms with Crippen LogP contribution < -0.4 is 14.8 Å². The smallest absolute Gasteiger partial charge is 0.287 e. The van der Waals surface area contributed by atoms with Gasteiger partial charge in [0.2, 0.25) is 0 Å². The highest BCUT2D eigenvalue weighted by Crippen LogP contribution is 2.22. The minimum atomic E-state index is -0.309. The normalized spacial score (nSPS) is 11.9. The van der Waals surface area contributed by atoms with E-state index in [0.717, 1.165) is 28.4 Å². The van der Waals surface area contributed by atoms with Gasteiger partial charge in [-0.2, -0.15) is 0 Å². The lowest BCUT2D eigenvalue weighted by atomic mass is 10.3. The van der Waals surface area contributed by atoms with Gasteiger partial charge in [0.15, 0.2) is 5.76 Å². The molecule has 2 aromatic carbocycles. The number of nitrogens with zero attached hydrogens (tertiary/aromatic N) is 2. The largest absolute Gasteiger partial charge is 0.497 e. The maximum atomic E-state index is 12.4. The van der Waals surface area contributed by atoms with Crippen molar-refractivity contribution >= 4 is 16.9 Å². The summed E-state index contributed by atoms with van der Waals surface area (Å²) in [6.07, 6.45) is 1.48. The molecule has 0 unspecified atom stereocenters. The van der Waals surface area contributed by atoms with Crippen LogP contribution in [0.15, 0.2) is 71.3 Å². The fourth-order valence-electron chi connectivity index (χ4n) is 3.33. The topological polar surface area (TPSA) is 78.5 Å². The zero-order chi connectivity index (χ0) is 20.9. The molecule has 1 atom stereocenters. The van der Waals surface area contributed by atoms with Crippen LogP contribution in [0.1, 0.15) is 29.3 Å². The van der Waals surface area contributed by atoms with Gasteiger partial charge in [-0.25, -0.2) is 4.98 Å². The second-order valence-corrected chi connectivity index (χ2v) is 6.81. The van der Waals surface area contributed by atoms with Crippen LogP contribution in [0.5, 0.6) is 11.5 Å². The second kappa shape index (κ2) is 8.73. The van der Waals surface area contributed by atoms with Crippen LogP contribution in [0.25, 0.3) is 11.0 Å². The number of benzene rings is 2. The van der Waals surface area contributed by atoms with E-state index in [1.165, 1.54) is 6.26 Å². The Bertz CT molecular complexity index is 1120. The van der Waals surface area contributed by atoms with Crippen molar-refractivity contribution in [3.05, 3.63) is 78.5 Å². The van der Waals surface area contributed by atoms with Crippen LogP contribution >= 0.6 is 0 Å². The first-order chi connectivity index (χ1) is 14.7. The quantitative estimate of drug-likeness (QED) is 0.475. The number of amides is 1. The van der Waals surface area contributed by atoms with Gasteiger partial charge in [-0.1, -0.05) is 12.1 Å². The molecule has 0 saturated heterocycles. The van der Waals surface area contributed by atoms with Crippen molar-refractivity contribution in [1.82, 2.24) is 14.9 Å². The SMILES string of the molecule is COc1ccc(OCCn2c([C@@H](C)NC(=O)c3ccco3)nc3ccccc32)cc1. The number of hydrogen-bond acceptors (Lipinski definition) is 5. The predicted molar refractivity (Wildman–Crippen MR) is 113 cm³/mol. The molecule has 1 amide bonds. The van der Waals surface area contributed by atoms with E-state index in [1.54, 1.807) is 19.2 Å². The summed E-state index contributed by atoms with van der Waals surface area (Å²) in [4.78, 5) is 17.1. The molecule has 0 saturated carbocycles. The number of ether oxygens (including phenoxy) is 2. The Labute approximate surface area is 174 Å². The summed E-state index contributed by atoms with van der Waals surface area (Å²) >= 11 is 0. The molecular formula is C23H23N3O4. The van der Waals surface area contributed by atoms with Crippen LogP contribution in [0, 0.1) is 0 Å². The van der Waals surface area contributed by atoms with E-state index in [4.69, 9.17) is 18.9 Å². The van der Waals surface area contributed by atoms with Crippen molar-refractivity contribution in [1.29, 1.82) is 0 Å². The first-order valence-electron chi connectivity index (χ1n) is 9.72. The average Bonchev–Trinajstić information content (AvgIpc) is 3.43. The molecule has 1 N–H and O–H groups in total. The van der Waals surface area contributed by atoms with Crippen LogP contribution in [0.3, 0.4) is 0 Å². The fraction of sp³-hybridized carbons (Fsp3) is 0.217. The zero-order valence-corrected chi connectivity index (χ0v) is 16.9. The van der Waals surface area contributed by atoms with E-state index in [1.807, 2.05) is 55.5 Å². The summed E-state index contributed by atoms with van der Waals surface area (Å²) in [5.41, 5.74) is 1.86. The first-order valence-corrected chi connectivity index (χ1v) is 9.72. The van der Waals surface area contributed by atoms with Gasteiger partial charge in [-0.15, -0.1) is 0 Å². The predicted octanol–water partition coefficient (Wildman–Crippen LogP) is 4.21. The van der Waals surface area contributed by atoms with Crippen molar-refractivity contribution in [3.63, 3.8) is 0 Å². The number of hydrogen-bond donors (Lipinski definition) is 1. The van der Waals surface area contributed by atoms with Gasteiger partial charge in [0.05, 0.1) is 37.0 Å². The maximum Gasteiger partial charge on any atom is 0.287 e. The molecule has 30 heavy (non-hydrogen) atoms. The number of aromatic nitrogens is 2. The Morgan fingerprint density at radius 1 is 1.10 bits per heavy atom. The van der Waals surface area contributed by atoms with E-state index in [9.17, 15) is 4.79 Å². The third-order valence-electron chi connectivity index (χ3n) is 4.81. The molecule has 0 aliphatic carbocycles. The Balaban J connectivity index is 1.51. The molecule has 0 bridgehead atoms. The fourth-order valence-corrected chi connectivity index (χ4v) is 3.33. The van der Waals surface area contributed by atoms with Gasteiger partial charge >= 0.3 is 0 Å². The summed E-state index contributed by atoms with van der Waals surface area (Å²) in [6.45, 7) is 2.95. The minimum absolute atomic E-state index is 0.271. The highest BCUT2D eigenvalue weighted by atomic mass is 16.5. The van der Waals surface area contributed by atoms with Crippen LogP contribution in [0.4, 0.5) is 0 Å². The number of fused-ring (bicyclic) bond motifs is 1. The number of imidazole rings is 1. The van der Waals surface area contributed by atoms with Gasteiger partial charge in [0.25, 0.3) is 5.91 Å². The summed E-state index contributed by atoms with van der Waals surface area (Å²) in [6, 6.07) is 18.4. The zero-order valence-electron chi connectivity index (χ0n) is 16.9. The lowest BCUT2D eigenvalue weighted by Crippen LogP contribution is -2.28. The van der Waals surface area contributed by atoms with E-state index >= 15 is 0 Å². The minimum Gasteiger partial charge on any atom is -0.497 e. The number of nitrogens with one attached hydrogen (secondary N) is 1. The molecule has 2 aromatic heterocycles. The molecule has 0 spiro atoms. The molecule has 4 rings (SSSR count).